The van der Waals surface area contributed by atoms with E-state index in [1.807, 2.05) is 0 Å². The van der Waals surface area contributed by atoms with E-state index in [9.17, 15) is 9.59 Å². The minimum absolute atomic E-state index is 0.190. The fourth-order valence-corrected chi connectivity index (χ4v) is 2.98. The Morgan fingerprint density at radius 2 is 1.91 bits per heavy atom. The van der Waals surface area contributed by atoms with E-state index in [4.69, 9.17) is 9.47 Å². The summed E-state index contributed by atoms with van der Waals surface area (Å²) >= 11 is 1.11. The third kappa shape index (κ3) is 2.68. The van der Waals surface area contributed by atoms with Crippen LogP contribution in [0.4, 0.5) is 0 Å². The van der Waals surface area contributed by atoms with Gasteiger partial charge in [0.15, 0.2) is 11.5 Å². The molecule has 0 aliphatic carbocycles. The molecule has 0 fully saturated rings. The molecule has 0 amide bonds. The van der Waals surface area contributed by atoms with Crippen molar-refractivity contribution in [2.24, 2.45) is 0 Å². The van der Waals surface area contributed by atoms with E-state index in [0.717, 1.165) is 21.4 Å². The maximum Gasteiger partial charge on any atom is 0.295 e. The van der Waals surface area contributed by atoms with Gasteiger partial charge < -0.3 is 9.47 Å². The van der Waals surface area contributed by atoms with Gasteiger partial charge in [0.1, 0.15) is 5.69 Å². The lowest BCUT2D eigenvalue weighted by Gasteiger charge is -2.07. The standard InChI is InChI=1S/C15H13N3O4S/c1-8-13(19)16-15-18(17-8)14(20)12(23-15)7-9-4-5-10(21-2)11(6-9)22-3/h4-7H,1-3H3/b12-7-. The van der Waals surface area contributed by atoms with Gasteiger partial charge in [0.05, 0.1) is 18.8 Å². The molecule has 0 N–H and O–H groups in total. The summed E-state index contributed by atoms with van der Waals surface area (Å²) in [5.41, 5.74) is 0.223. The molecule has 7 nitrogen and oxygen atoms in total. The summed E-state index contributed by atoms with van der Waals surface area (Å²) < 4.78 is 12.0. The molecule has 0 atom stereocenters. The molecule has 0 saturated carbocycles. The highest BCUT2D eigenvalue weighted by atomic mass is 32.1. The largest absolute Gasteiger partial charge is 0.493 e. The molecule has 8 heteroatoms. The predicted octanol–water partition coefficient (Wildman–Crippen LogP) is 0.385. The first-order valence-corrected chi connectivity index (χ1v) is 7.49. The van der Waals surface area contributed by atoms with Crippen LogP contribution in [0.5, 0.6) is 11.5 Å². The lowest BCUT2D eigenvalue weighted by molar-refractivity contribution is 0.355. The van der Waals surface area contributed by atoms with Crippen LogP contribution < -0.4 is 25.1 Å². The smallest absolute Gasteiger partial charge is 0.295 e. The number of hydrogen-bond donors (Lipinski definition) is 0. The molecule has 0 saturated heterocycles. The predicted molar refractivity (Wildman–Crippen MR) is 86.5 cm³/mol. The number of benzene rings is 1. The van der Waals surface area contributed by atoms with Crippen LogP contribution in [0.1, 0.15) is 11.3 Å². The highest BCUT2D eigenvalue weighted by Crippen LogP contribution is 2.27. The molecule has 2 aromatic heterocycles. The summed E-state index contributed by atoms with van der Waals surface area (Å²) in [6.07, 6.45) is 1.70. The zero-order valence-corrected chi connectivity index (χ0v) is 13.5. The SMILES string of the molecule is COc1ccc(/C=c2\sc3nc(=O)c(C)nn3c2=O)cc1OC. The number of ether oxygens (including phenoxy) is 2. The van der Waals surface area contributed by atoms with Gasteiger partial charge in [-0.1, -0.05) is 17.4 Å². The van der Waals surface area contributed by atoms with Crippen LogP contribution >= 0.6 is 11.3 Å². The van der Waals surface area contributed by atoms with Gasteiger partial charge in [0.25, 0.3) is 11.1 Å². The topological polar surface area (TPSA) is 82.8 Å². The Morgan fingerprint density at radius 1 is 1.17 bits per heavy atom. The second-order valence-corrected chi connectivity index (χ2v) is 5.74. The summed E-state index contributed by atoms with van der Waals surface area (Å²) in [6.45, 7) is 1.52. The molecule has 0 spiro atoms. The molecule has 1 aromatic carbocycles. The van der Waals surface area contributed by atoms with Crippen molar-refractivity contribution in [1.82, 2.24) is 14.6 Å². The minimum Gasteiger partial charge on any atom is -0.493 e. The first-order chi connectivity index (χ1) is 11.0. The summed E-state index contributed by atoms with van der Waals surface area (Å²) in [6, 6.07) is 5.32. The number of fused-ring (bicyclic) bond motifs is 1. The fourth-order valence-electron chi connectivity index (χ4n) is 2.08. The average molecular weight is 331 g/mol. The Labute approximate surface area is 134 Å². The number of thiazole rings is 1. The van der Waals surface area contributed by atoms with Crippen LogP contribution in [0.25, 0.3) is 11.0 Å². The molecule has 0 unspecified atom stereocenters. The zero-order valence-electron chi connectivity index (χ0n) is 12.7. The Hall–Kier alpha value is -2.74. The van der Waals surface area contributed by atoms with E-state index in [2.05, 4.69) is 10.1 Å². The lowest BCUT2D eigenvalue weighted by Crippen LogP contribution is -2.27. The molecule has 3 rings (SSSR count). The van der Waals surface area contributed by atoms with E-state index >= 15 is 0 Å². The van der Waals surface area contributed by atoms with Crippen LogP contribution in [-0.2, 0) is 0 Å². The van der Waals surface area contributed by atoms with Crippen molar-refractivity contribution in [1.29, 1.82) is 0 Å². The lowest BCUT2D eigenvalue weighted by atomic mass is 10.2. The third-order valence-corrected chi connectivity index (χ3v) is 4.21. The Morgan fingerprint density at radius 3 is 2.61 bits per heavy atom. The van der Waals surface area contributed by atoms with Gasteiger partial charge in [-0.05, 0) is 30.7 Å². The van der Waals surface area contributed by atoms with E-state index in [0.29, 0.717) is 16.0 Å². The highest BCUT2D eigenvalue weighted by Gasteiger charge is 2.09. The number of rotatable bonds is 3. The number of hydrogen-bond acceptors (Lipinski definition) is 7. The zero-order chi connectivity index (χ0) is 16.6. The van der Waals surface area contributed by atoms with E-state index < -0.39 is 5.56 Å². The molecule has 3 aromatic rings. The number of methoxy groups -OCH3 is 2. The molecule has 2 heterocycles. The molecule has 0 radical (unpaired) electrons. The van der Waals surface area contributed by atoms with Crippen molar-refractivity contribution >= 4 is 22.4 Å². The molecular weight excluding hydrogens is 318 g/mol. The quantitative estimate of drug-likeness (QED) is 0.690. The Balaban J connectivity index is 2.20. The van der Waals surface area contributed by atoms with E-state index in [-0.39, 0.29) is 16.2 Å². The van der Waals surface area contributed by atoms with Crippen molar-refractivity contribution in [2.75, 3.05) is 14.2 Å². The van der Waals surface area contributed by atoms with Crippen molar-refractivity contribution in [2.45, 2.75) is 6.92 Å². The van der Waals surface area contributed by atoms with Crippen LogP contribution in [0.2, 0.25) is 0 Å². The van der Waals surface area contributed by atoms with Gasteiger partial charge >= 0.3 is 0 Å². The summed E-state index contributed by atoms with van der Waals surface area (Å²) in [5.74, 6) is 1.17. The summed E-state index contributed by atoms with van der Waals surface area (Å²) in [5, 5.41) is 3.97. The third-order valence-electron chi connectivity index (χ3n) is 3.25. The van der Waals surface area contributed by atoms with Crippen LogP contribution in [0.15, 0.2) is 27.8 Å². The van der Waals surface area contributed by atoms with Crippen molar-refractivity contribution in [3.05, 3.63) is 54.7 Å². The number of aryl methyl sites for hydroxylation is 1. The van der Waals surface area contributed by atoms with E-state index in [1.54, 1.807) is 38.5 Å². The first kappa shape index (κ1) is 15.2. The fraction of sp³-hybridized carbons (Fsp3) is 0.200. The maximum atomic E-state index is 12.4. The maximum absolute atomic E-state index is 12.4. The molecule has 118 valence electrons. The molecule has 0 bridgehead atoms. The van der Waals surface area contributed by atoms with Crippen LogP contribution in [0, 0.1) is 6.92 Å². The van der Waals surface area contributed by atoms with Gasteiger partial charge in [-0.3, -0.25) is 9.59 Å². The second kappa shape index (κ2) is 5.81. The van der Waals surface area contributed by atoms with Crippen LogP contribution in [0.3, 0.4) is 0 Å². The average Bonchev–Trinajstić information content (AvgIpc) is 2.83. The first-order valence-electron chi connectivity index (χ1n) is 6.67. The Bertz CT molecular complexity index is 1050. The van der Waals surface area contributed by atoms with Gasteiger partial charge in [-0.2, -0.15) is 14.6 Å². The normalized spacial score (nSPS) is 11.9. The number of aromatic nitrogens is 3. The van der Waals surface area contributed by atoms with Crippen molar-refractivity contribution in [3.63, 3.8) is 0 Å². The monoisotopic (exact) mass is 331 g/mol. The highest BCUT2D eigenvalue weighted by molar-refractivity contribution is 7.15. The number of nitrogens with zero attached hydrogens (tertiary/aromatic N) is 3. The Kier molecular flexibility index (Phi) is 3.83. The van der Waals surface area contributed by atoms with Crippen molar-refractivity contribution in [3.8, 4) is 11.5 Å². The van der Waals surface area contributed by atoms with Gasteiger partial charge in [-0.25, -0.2) is 0 Å². The summed E-state index contributed by atoms with van der Waals surface area (Å²) in [4.78, 5) is 28.0. The molecule has 0 aliphatic rings. The van der Waals surface area contributed by atoms with Gasteiger partial charge in [-0.15, -0.1) is 0 Å². The van der Waals surface area contributed by atoms with Gasteiger partial charge in [0.2, 0.25) is 4.96 Å². The summed E-state index contributed by atoms with van der Waals surface area (Å²) in [7, 11) is 3.10. The van der Waals surface area contributed by atoms with Gasteiger partial charge in [0, 0.05) is 0 Å². The van der Waals surface area contributed by atoms with Crippen molar-refractivity contribution < 1.29 is 9.47 Å². The second-order valence-electron chi connectivity index (χ2n) is 4.73. The van der Waals surface area contributed by atoms with Crippen LogP contribution in [-0.4, -0.2) is 28.8 Å². The minimum atomic E-state index is -0.427. The molecular formula is C15H13N3O4S. The van der Waals surface area contributed by atoms with E-state index in [1.165, 1.54) is 6.92 Å². The molecule has 23 heavy (non-hydrogen) atoms. The molecule has 0 aliphatic heterocycles.